The highest BCUT2D eigenvalue weighted by molar-refractivity contribution is 5.19. The summed E-state index contributed by atoms with van der Waals surface area (Å²) in [5, 5.41) is 4.00. The van der Waals surface area contributed by atoms with Gasteiger partial charge in [0.25, 0.3) is 0 Å². The smallest absolute Gasteiger partial charge is 0.0325 e. The molecule has 112 valence electrons. The molecule has 3 atom stereocenters. The molecule has 1 nitrogen and oxygen atoms in total. The van der Waals surface area contributed by atoms with E-state index < -0.39 is 0 Å². The summed E-state index contributed by atoms with van der Waals surface area (Å²) < 4.78 is 0. The van der Waals surface area contributed by atoms with Gasteiger partial charge in [-0.3, -0.25) is 0 Å². The highest BCUT2D eigenvalue weighted by Crippen LogP contribution is 2.32. The molecule has 1 heteroatoms. The molecule has 1 aromatic carbocycles. The molecule has 0 saturated heterocycles. The van der Waals surface area contributed by atoms with Crippen molar-refractivity contribution in [3.63, 3.8) is 0 Å². The second-order valence-electron chi connectivity index (χ2n) is 7.17. The lowest BCUT2D eigenvalue weighted by Crippen LogP contribution is -2.44. The third-order valence-electron chi connectivity index (χ3n) is 4.85. The average Bonchev–Trinajstić information content (AvgIpc) is 2.42. The van der Waals surface area contributed by atoms with Crippen LogP contribution in [0.1, 0.15) is 65.0 Å². The summed E-state index contributed by atoms with van der Waals surface area (Å²) in [7, 11) is 0. The maximum Gasteiger partial charge on any atom is 0.0325 e. The van der Waals surface area contributed by atoms with E-state index in [1.54, 1.807) is 0 Å². The molecule has 0 spiro atoms. The van der Waals surface area contributed by atoms with E-state index >= 15 is 0 Å². The molecule has 1 aliphatic carbocycles. The van der Waals surface area contributed by atoms with Gasteiger partial charge in [-0.05, 0) is 42.6 Å². The van der Waals surface area contributed by atoms with Crippen LogP contribution in [0, 0.1) is 17.8 Å². The van der Waals surface area contributed by atoms with Crippen LogP contribution in [0.2, 0.25) is 0 Å². The summed E-state index contributed by atoms with van der Waals surface area (Å²) in [6.45, 7) is 9.49. The Labute approximate surface area is 125 Å². The van der Waals surface area contributed by atoms with Crippen LogP contribution in [0.15, 0.2) is 30.3 Å². The highest BCUT2D eigenvalue weighted by Gasteiger charge is 2.29. The number of hydrogen-bond donors (Lipinski definition) is 1. The normalized spacial score (nSPS) is 28.6. The van der Waals surface area contributed by atoms with E-state index in [1.165, 1.54) is 31.2 Å². The topological polar surface area (TPSA) is 12.0 Å². The Hall–Kier alpha value is -0.820. The summed E-state index contributed by atoms with van der Waals surface area (Å²) in [4.78, 5) is 0. The van der Waals surface area contributed by atoms with Crippen molar-refractivity contribution < 1.29 is 0 Å². The fourth-order valence-corrected chi connectivity index (χ4v) is 3.70. The molecule has 0 heterocycles. The molecular formula is C19H31N. The Kier molecular flexibility index (Phi) is 5.65. The van der Waals surface area contributed by atoms with Gasteiger partial charge >= 0.3 is 0 Å². The van der Waals surface area contributed by atoms with Gasteiger partial charge < -0.3 is 5.32 Å². The van der Waals surface area contributed by atoms with Crippen LogP contribution in [-0.4, -0.2) is 6.04 Å². The fourth-order valence-electron chi connectivity index (χ4n) is 3.70. The lowest BCUT2D eigenvalue weighted by molar-refractivity contribution is 0.186. The molecule has 0 bridgehead atoms. The van der Waals surface area contributed by atoms with E-state index in [0.29, 0.717) is 12.1 Å². The summed E-state index contributed by atoms with van der Waals surface area (Å²) in [5.74, 6) is 2.33. The van der Waals surface area contributed by atoms with Gasteiger partial charge in [-0.1, -0.05) is 64.4 Å². The third kappa shape index (κ3) is 4.09. The van der Waals surface area contributed by atoms with Crippen molar-refractivity contribution >= 4 is 0 Å². The Morgan fingerprint density at radius 1 is 1.05 bits per heavy atom. The molecule has 0 aromatic heterocycles. The van der Waals surface area contributed by atoms with E-state index in [9.17, 15) is 0 Å². The van der Waals surface area contributed by atoms with Crippen molar-refractivity contribution in [3.8, 4) is 0 Å². The molecule has 1 aromatic rings. The monoisotopic (exact) mass is 273 g/mol. The van der Waals surface area contributed by atoms with Crippen LogP contribution < -0.4 is 5.32 Å². The minimum Gasteiger partial charge on any atom is -0.307 e. The third-order valence-corrected chi connectivity index (χ3v) is 4.85. The first-order chi connectivity index (χ1) is 9.58. The van der Waals surface area contributed by atoms with Crippen LogP contribution in [0.5, 0.6) is 0 Å². The van der Waals surface area contributed by atoms with E-state index in [0.717, 1.165) is 17.8 Å². The second-order valence-corrected chi connectivity index (χ2v) is 7.17. The molecule has 3 unspecified atom stereocenters. The van der Waals surface area contributed by atoms with Crippen molar-refractivity contribution in [2.75, 3.05) is 0 Å². The van der Waals surface area contributed by atoms with E-state index in [4.69, 9.17) is 0 Å². The Morgan fingerprint density at radius 3 is 2.20 bits per heavy atom. The molecule has 0 aliphatic heterocycles. The molecule has 1 fully saturated rings. The first kappa shape index (κ1) is 15.6. The Balaban J connectivity index is 2.11. The van der Waals surface area contributed by atoms with Crippen molar-refractivity contribution in [3.05, 3.63) is 35.9 Å². The van der Waals surface area contributed by atoms with Crippen LogP contribution >= 0.6 is 0 Å². The maximum absolute atomic E-state index is 4.00. The number of hydrogen-bond acceptors (Lipinski definition) is 1. The number of benzene rings is 1. The van der Waals surface area contributed by atoms with E-state index in [2.05, 4.69) is 63.3 Å². The minimum absolute atomic E-state index is 0.504. The summed E-state index contributed by atoms with van der Waals surface area (Å²) in [6.07, 6.45) is 5.39. The zero-order valence-corrected chi connectivity index (χ0v) is 13.6. The van der Waals surface area contributed by atoms with E-state index in [-0.39, 0.29) is 0 Å². The van der Waals surface area contributed by atoms with Crippen LogP contribution in [0.4, 0.5) is 0 Å². The Bertz CT molecular complexity index is 374. The standard InChI is InChI=1S/C19H31N/c1-14(2)13-18(17-11-6-5-7-12-17)20-19-15(3)9-8-10-16(19)4/h5-7,11-12,14-16,18-20H,8-10,13H2,1-4H3. The first-order valence-electron chi connectivity index (χ1n) is 8.39. The van der Waals surface area contributed by atoms with Gasteiger partial charge in [-0.2, -0.15) is 0 Å². The van der Waals surface area contributed by atoms with Crippen molar-refractivity contribution in [2.45, 2.75) is 65.5 Å². The van der Waals surface area contributed by atoms with E-state index in [1.807, 2.05) is 0 Å². The van der Waals surface area contributed by atoms with Gasteiger partial charge in [-0.15, -0.1) is 0 Å². The predicted molar refractivity (Wildman–Crippen MR) is 87.7 cm³/mol. The van der Waals surface area contributed by atoms with Gasteiger partial charge in [0.1, 0.15) is 0 Å². The maximum atomic E-state index is 4.00. The van der Waals surface area contributed by atoms with Gasteiger partial charge in [0, 0.05) is 12.1 Å². The fraction of sp³-hybridized carbons (Fsp3) is 0.684. The zero-order valence-electron chi connectivity index (χ0n) is 13.6. The minimum atomic E-state index is 0.504. The molecule has 20 heavy (non-hydrogen) atoms. The van der Waals surface area contributed by atoms with Crippen LogP contribution in [0.3, 0.4) is 0 Å². The Morgan fingerprint density at radius 2 is 1.65 bits per heavy atom. The second kappa shape index (κ2) is 7.26. The zero-order chi connectivity index (χ0) is 14.5. The lowest BCUT2D eigenvalue weighted by Gasteiger charge is -2.38. The summed E-state index contributed by atoms with van der Waals surface area (Å²) in [6, 6.07) is 12.2. The lowest BCUT2D eigenvalue weighted by atomic mass is 9.78. The molecule has 1 aliphatic rings. The number of rotatable bonds is 5. The molecule has 1 saturated carbocycles. The van der Waals surface area contributed by atoms with Gasteiger partial charge in [0.15, 0.2) is 0 Å². The number of nitrogens with one attached hydrogen (secondary N) is 1. The quantitative estimate of drug-likeness (QED) is 0.778. The van der Waals surface area contributed by atoms with Gasteiger partial charge in [0.05, 0.1) is 0 Å². The SMILES string of the molecule is CC(C)CC(NC1C(C)CCCC1C)c1ccccc1. The van der Waals surface area contributed by atoms with Crippen LogP contribution in [-0.2, 0) is 0 Å². The average molecular weight is 273 g/mol. The van der Waals surface area contributed by atoms with Crippen molar-refractivity contribution in [1.29, 1.82) is 0 Å². The molecule has 0 amide bonds. The largest absolute Gasteiger partial charge is 0.307 e. The van der Waals surface area contributed by atoms with Gasteiger partial charge in [0.2, 0.25) is 0 Å². The van der Waals surface area contributed by atoms with Crippen molar-refractivity contribution in [2.24, 2.45) is 17.8 Å². The van der Waals surface area contributed by atoms with Gasteiger partial charge in [-0.25, -0.2) is 0 Å². The van der Waals surface area contributed by atoms with Crippen molar-refractivity contribution in [1.82, 2.24) is 5.32 Å². The van der Waals surface area contributed by atoms with Crippen LogP contribution in [0.25, 0.3) is 0 Å². The predicted octanol–water partition coefficient (Wildman–Crippen LogP) is 5.19. The first-order valence-corrected chi connectivity index (χ1v) is 8.39. The summed E-state index contributed by atoms with van der Waals surface area (Å²) >= 11 is 0. The summed E-state index contributed by atoms with van der Waals surface area (Å²) in [5.41, 5.74) is 1.45. The molecule has 1 N–H and O–H groups in total. The molecular weight excluding hydrogens is 242 g/mol. The molecule has 2 rings (SSSR count). The highest BCUT2D eigenvalue weighted by atomic mass is 15.0. The molecule has 0 radical (unpaired) electrons.